The molecular weight excluding hydrogens is 351 g/mol. The Morgan fingerprint density at radius 1 is 1.12 bits per heavy atom. The number of fused-ring (bicyclic) bond motifs is 3. The van der Waals surface area contributed by atoms with E-state index in [1.165, 1.54) is 24.3 Å². The van der Waals surface area contributed by atoms with Gasteiger partial charge in [0.25, 0.3) is 0 Å². The summed E-state index contributed by atoms with van der Waals surface area (Å²) in [5.74, 6) is 0.364. The summed E-state index contributed by atoms with van der Waals surface area (Å²) in [5.41, 5.74) is 2.23. The van der Waals surface area contributed by atoms with Crippen molar-refractivity contribution in [1.29, 1.82) is 0 Å². The molecule has 1 unspecified atom stereocenters. The molecular formula is C20H23FN2O2S. The summed E-state index contributed by atoms with van der Waals surface area (Å²) in [6, 6.07) is 10.8. The fourth-order valence-electron chi connectivity index (χ4n) is 4.49. The third-order valence-corrected chi connectivity index (χ3v) is 7.52. The molecule has 138 valence electrons. The van der Waals surface area contributed by atoms with Crippen LogP contribution in [0.25, 0.3) is 0 Å². The van der Waals surface area contributed by atoms with Gasteiger partial charge in [0.2, 0.25) is 9.84 Å². The molecule has 2 aliphatic heterocycles. The van der Waals surface area contributed by atoms with Crippen molar-refractivity contribution < 1.29 is 12.8 Å². The van der Waals surface area contributed by atoms with Crippen LogP contribution < -0.4 is 10.2 Å². The van der Waals surface area contributed by atoms with Gasteiger partial charge in [-0.2, -0.15) is 0 Å². The Labute approximate surface area is 153 Å². The summed E-state index contributed by atoms with van der Waals surface area (Å²) in [6.07, 6.45) is 0.992. The van der Waals surface area contributed by atoms with Gasteiger partial charge in [0.1, 0.15) is 5.82 Å². The first-order valence-corrected chi connectivity index (χ1v) is 10.5. The molecule has 0 radical (unpaired) electrons. The predicted molar refractivity (Wildman–Crippen MR) is 99.9 cm³/mol. The van der Waals surface area contributed by atoms with Crippen molar-refractivity contribution in [2.24, 2.45) is 5.92 Å². The van der Waals surface area contributed by atoms with Crippen LogP contribution in [0.5, 0.6) is 0 Å². The van der Waals surface area contributed by atoms with E-state index in [-0.39, 0.29) is 9.79 Å². The maximum Gasteiger partial charge on any atom is 0.206 e. The van der Waals surface area contributed by atoms with E-state index < -0.39 is 15.7 Å². The molecule has 3 atom stereocenters. The van der Waals surface area contributed by atoms with Gasteiger partial charge in [-0.05, 0) is 73.5 Å². The minimum atomic E-state index is -3.66. The Hall–Kier alpha value is -1.92. The quantitative estimate of drug-likeness (QED) is 0.821. The lowest BCUT2D eigenvalue weighted by molar-refractivity contribution is 0.417. The number of sulfone groups is 1. The Balaban J connectivity index is 1.78. The van der Waals surface area contributed by atoms with Crippen LogP contribution in [0, 0.1) is 11.7 Å². The van der Waals surface area contributed by atoms with E-state index in [1.54, 1.807) is 6.07 Å². The molecule has 4 rings (SSSR count). The summed E-state index contributed by atoms with van der Waals surface area (Å²) in [4.78, 5) is 2.70. The molecule has 0 spiro atoms. The highest BCUT2D eigenvalue weighted by atomic mass is 32.2. The van der Waals surface area contributed by atoms with Gasteiger partial charge in [0, 0.05) is 24.7 Å². The third-order valence-electron chi connectivity index (χ3n) is 5.75. The molecule has 0 aliphatic carbocycles. The molecule has 0 bridgehead atoms. The minimum absolute atomic E-state index is 0.123. The topological polar surface area (TPSA) is 49.4 Å². The zero-order valence-corrected chi connectivity index (χ0v) is 15.8. The average Bonchev–Trinajstić information content (AvgIpc) is 2.76. The molecule has 2 aliphatic rings. The first kappa shape index (κ1) is 17.5. The van der Waals surface area contributed by atoms with Crippen molar-refractivity contribution in [2.45, 2.75) is 35.1 Å². The van der Waals surface area contributed by atoms with Crippen LogP contribution in [-0.4, -0.2) is 34.6 Å². The number of nitrogens with zero attached hydrogens (tertiary/aromatic N) is 1. The zero-order chi connectivity index (χ0) is 18.5. The Morgan fingerprint density at radius 2 is 1.81 bits per heavy atom. The maximum absolute atomic E-state index is 13.2. The van der Waals surface area contributed by atoms with Crippen LogP contribution >= 0.6 is 0 Å². The normalized spacial score (nSPS) is 25.5. The summed E-state index contributed by atoms with van der Waals surface area (Å²) >= 11 is 0. The van der Waals surface area contributed by atoms with E-state index in [1.807, 2.05) is 12.1 Å². The Kier molecular flexibility index (Phi) is 4.28. The molecule has 0 saturated carbocycles. The summed E-state index contributed by atoms with van der Waals surface area (Å²) in [6.45, 7) is 4.16. The number of rotatable bonds is 2. The lowest BCUT2D eigenvalue weighted by Crippen LogP contribution is -2.38. The van der Waals surface area contributed by atoms with Gasteiger partial charge in [-0.1, -0.05) is 6.92 Å². The van der Waals surface area contributed by atoms with Crippen molar-refractivity contribution in [3.05, 3.63) is 53.8 Å². The Morgan fingerprint density at radius 3 is 2.54 bits per heavy atom. The minimum Gasteiger partial charge on any atom is -0.370 e. The van der Waals surface area contributed by atoms with Gasteiger partial charge in [0.15, 0.2) is 0 Å². The Bertz CT molecular complexity index is 927. The second kappa shape index (κ2) is 6.35. The van der Waals surface area contributed by atoms with Gasteiger partial charge >= 0.3 is 0 Å². The SMILES string of the molecule is CC1CNCC[C@@H]2c3cc(S(=O)(=O)c4ccc(F)cc4)ccc3N(C)[C@H]12. The molecule has 4 nitrogen and oxygen atoms in total. The van der Waals surface area contributed by atoms with Crippen LogP contribution in [-0.2, 0) is 9.84 Å². The third kappa shape index (κ3) is 2.72. The first-order chi connectivity index (χ1) is 12.4. The first-order valence-electron chi connectivity index (χ1n) is 8.98. The molecule has 2 aromatic rings. The van der Waals surface area contributed by atoms with Crippen molar-refractivity contribution in [2.75, 3.05) is 25.0 Å². The van der Waals surface area contributed by atoms with Crippen molar-refractivity contribution in [3.63, 3.8) is 0 Å². The van der Waals surface area contributed by atoms with Gasteiger partial charge in [0.05, 0.1) is 9.79 Å². The summed E-state index contributed by atoms with van der Waals surface area (Å²) in [5, 5.41) is 3.47. The van der Waals surface area contributed by atoms with Crippen LogP contribution in [0.1, 0.15) is 24.8 Å². The van der Waals surface area contributed by atoms with E-state index in [9.17, 15) is 12.8 Å². The molecule has 2 heterocycles. The smallest absolute Gasteiger partial charge is 0.206 e. The fourth-order valence-corrected chi connectivity index (χ4v) is 5.79. The highest BCUT2D eigenvalue weighted by Gasteiger charge is 2.41. The zero-order valence-electron chi connectivity index (χ0n) is 14.9. The molecule has 1 fully saturated rings. The average molecular weight is 374 g/mol. The standard InChI is InChI=1S/C20H23FN2O2S/c1-13-12-22-10-9-17-18-11-16(7-8-19(18)23(2)20(13)17)26(24,25)15-5-3-14(21)4-6-15/h3-8,11,13,17,20,22H,9-10,12H2,1-2H3/t13?,17-,20-/m1/s1. The highest BCUT2D eigenvalue weighted by molar-refractivity contribution is 7.91. The molecule has 2 aromatic carbocycles. The van der Waals surface area contributed by atoms with E-state index in [4.69, 9.17) is 0 Å². The van der Waals surface area contributed by atoms with Crippen molar-refractivity contribution in [1.82, 2.24) is 5.32 Å². The van der Waals surface area contributed by atoms with Crippen molar-refractivity contribution in [3.8, 4) is 0 Å². The fraction of sp³-hybridized carbons (Fsp3) is 0.400. The number of hydrogen-bond donors (Lipinski definition) is 1. The van der Waals surface area contributed by atoms with Crippen LogP contribution in [0.2, 0.25) is 0 Å². The van der Waals surface area contributed by atoms with Crippen molar-refractivity contribution >= 4 is 15.5 Å². The van der Waals surface area contributed by atoms with Gasteiger partial charge in [-0.25, -0.2) is 12.8 Å². The molecule has 26 heavy (non-hydrogen) atoms. The van der Waals surface area contributed by atoms with Crippen LogP contribution in [0.3, 0.4) is 0 Å². The maximum atomic E-state index is 13.2. The van der Waals surface area contributed by atoms with E-state index >= 15 is 0 Å². The molecule has 0 aromatic heterocycles. The van der Waals surface area contributed by atoms with Gasteiger partial charge < -0.3 is 10.2 Å². The number of halogens is 1. The number of hydrogen-bond acceptors (Lipinski definition) is 4. The van der Waals surface area contributed by atoms with Crippen LogP contribution in [0.15, 0.2) is 52.3 Å². The molecule has 1 saturated heterocycles. The van der Waals surface area contributed by atoms with E-state index in [2.05, 4.69) is 24.2 Å². The predicted octanol–water partition coefficient (Wildman–Crippen LogP) is 3.19. The monoisotopic (exact) mass is 374 g/mol. The largest absolute Gasteiger partial charge is 0.370 e. The molecule has 1 N–H and O–H groups in total. The molecule has 6 heteroatoms. The number of anilines is 1. The number of nitrogens with one attached hydrogen (secondary N) is 1. The summed E-state index contributed by atoms with van der Waals surface area (Å²) in [7, 11) is -1.56. The highest BCUT2D eigenvalue weighted by Crippen LogP contribution is 2.46. The molecule has 0 amide bonds. The van der Waals surface area contributed by atoms with Gasteiger partial charge in [-0.15, -0.1) is 0 Å². The second-order valence-corrected chi connectivity index (χ2v) is 9.31. The van der Waals surface area contributed by atoms with E-state index in [0.29, 0.717) is 17.9 Å². The second-order valence-electron chi connectivity index (χ2n) is 7.36. The van der Waals surface area contributed by atoms with Crippen LogP contribution in [0.4, 0.5) is 10.1 Å². The van der Waals surface area contributed by atoms with E-state index in [0.717, 1.165) is 30.8 Å². The lowest BCUT2D eigenvalue weighted by atomic mass is 9.86. The number of likely N-dealkylation sites (N-methyl/N-ethyl adjacent to an activating group) is 1. The lowest BCUT2D eigenvalue weighted by Gasteiger charge is -2.30. The summed E-state index contributed by atoms with van der Waals surface area (Å²) < 4.78 is 39.1. The van der Waals surface area contributed by atoms with Gasteiger partial charge in [-0.3, -0.25) is 0 Å². The number of benzene rings is 2.